The number of nitrogens with zero attached hydrogens (tertiary/aromatic N) is 7. The monoisotopic (exact) mass is 785 g/mol. The van der Waals surface area contributed by atoms with Crippen molar-refractivity contribution in [2.24, 2.45) is 0 Å². The number of anilines is 5. The van der Waals surface area contributed by atoms with Crippen LogP contribution in [-0.2, 0) is 26.2 Å². The molecule has 4 amide bonds. The molecule has 4 N–H and O–H groups in total. The number of hydrogen-bond donors (Lipinski definition) is 4. The number of sulfonamides is 1. The third-order valence-corrected chi connectivity index (χ3v) is 11.2. The summed E-state index contributed by atoms with van der Waals surface area (Å²) in [4.78, 5) is 64.2. The Labute approximate surface area is 322 Å². The molecule has 7 rings (SSSR count). The second-order valence-corrected chi connectivity index (χ2v) is 16.5. The minimum absolute atomic E-state index is 0.00397. The normalized spacial score (nSPS) is 17.9. The number of imide groups is 2. The molecular weight excluding hydrogens is 746 g/mol. The van der Waals surface area contributed by atoms with Crippen LogP contribution in [0, 0.1) is 12.7 Å². The van der Waals surface area contributed by atoms with E-state index in [4.69, 9.17) is 0 Å². The van der Waals surface area contributed by atoms with Crippen molar-refractivity contribution >= 4 is 62.7 Å². The molecule has 56 heavy (non-hydrogen) atoms. The lowest BCUT2D eigenvalue weighted by molar-refractivity contribution is -0.136. The lowest BCUT2D eigenvalue weighted by atomic mass is 10.0. The molecule has 3 aliphatic rings. The molecule has 0 aliphatic carbocycles. The molecule has 0 radical (unpaired) electrons. The summed E-state index contributed by atoms with van der Waals surface area (Å²) in [5.74, 6) is -1.49. The van der Waals surface area contributed by atoms with Gasteiger partial charge in [0.25, 0.3) is 11.8 Å². The number of carbonyl (C=O) groups is 4. The number of amides is 4. The first-order chi connectivity index (χ1) is 26.5. The molecule has 0 spiro atoms. The molecule has 2 fully saturated rings. The van der Waals surface area contributed by atoms with E-state index in [2.05, 4.69) is 40.8 Å². The lowest BCUT2D eigenvalue weighted by Gasteiger charge is -2.35. The number of halogens is 1. The Balaban J connectivity index is 0.946. The first kappa shape index (κ1) is 38.4. The van der Waals surface area contributed by atoms with Crippen LogP contribution in [-0.4, -0.2) is 99.8 Å². The number of aryl methyl sites for hydroxylation is 1. The van der Waals surface area contributed by atoms with Crippen LogP contribution < -0.4 is 25.6 Å². The first-order valence-electron chi connectivity index (χ1n) is 17.9. The minimum Gasteiger partial charge on any atom is -0.353 e. The fraction of sp³-hybridized carbons (Fsp3) is 0.351. The van der Waals surface area contributed by atoms with Gasteiger partial charge in [-0.1, -0.05) is 6.07 Å². The van der Waals surface area contributed by atoms with E-state index in [1.54, 1.807) is 45.2 Å². The van der Waals surface area contributed by atoms with Crippen molar-refractivity contribution in [2.75, 3.05) is 41.7 Å². The van der Waals surface area contributed by atoms with Crippen LogP contribution in [0.3, 0.4) is 0 Å². The van der Waals surface area contributed by atoms with Gasteiger partial charge in [0.2, 0.25) is 27.8 Å². The van der Waals surface area contributed by atoms with Gasteiger partial charge in [-0.05, 0) is 76.6 Å². The maximum atomic E-state index is 15.3. The molecule has 2 saturated heterocycles. The molecule has 3 aliphatic heterocycles. The van der Waals surface area contributed by atoms with E-state index in [0.29, 0.717) is 49.3 Å². The molecule has 0 saturated carbocycles. The average Bonchev–Trinajstić information content (AvgIpc) is 3.37. The maximum Gasteiger partial charge on any atom is 0.262 e. The number of carbonyl (C=O) groups excluding carboxylic acids is 4. The Kier molecular flexibility index (Phi) is 10.2. The third-order valence-electron chi connectivity index (χ3n) is 9.41. The van der Waals surface area contributed by atoms with Gasteiger partial charge in [0.05, 0.1) is 16.0 Å². The number of fused-ring (bicyclic) bond motifs is 1. The number of piperidine rings is 1. The van der Waals surface area contributed by atoms with Gasteiger partial charge in [-0.15, -0.1) is 10.2 Å². The molecular formula is C37H40FN11O6S. The van der Waals surface area contributed by atoms with Gasteiger partial charge < -0.3 is 15.5 Å². The van der Waals surface area contributed by atoms with E-state index in [-0.39, 0.29) is 46.9 Å². The van der Waals surface area contributed by atoms with Crippen LogP contribution in [0.4, 0.5) is 33.5 Å². The standard InChI is InChI=1S/C37H40FN11O6S/c1-21-19-39-36(43-32(21)40-23-6-5-7-24(17-23)56(54,55)46-37(2,3)4)41-29-9-10-30(45-44-29)48-14-12-47(13-15-48)20-22-16-25-26(18-27(22)38)35(53)49(34(25)52)28-8-11-31(50)42-33(28)51/h5-7,9-10,16-19,28,46H,8,11-15,20H2,1-4H3,(H,42,50,51)(H2,39,40,41,43,44). The van der Waals surface area contributed by atoms with Crippen molar-refractivity contribution in [3.05, 3.63) is 82.8 Å². The van der Waals surface area contributed by atoms with Crippen LogP contribution in [0.2, 0.25) is 0 Å². The Morgan fingerprint density at radius 2 is 1.66 bits per heavy atom. The summed E-state index contributed by atoms with van der Waals surface area (Å²) in [7, 11) is -3.74. The highest BCUT2D eigenvalue weighted by Gasteiger charge is 2.45. The second kappa shape index (κ2) is 15.0. The fourth-order valence-electron chi connectivity index (χ4n) is 6.68. The predicted molar refractivity (Wildman–Crippen MR) is 202 cm³/mol. The first-order valence-corrected chi connectivity index (χ1v) is 19.4. The molecule has 2 aromatic carbocycles. The van der Waals surface area contributed by atoms with Gasteiger partial charge in [-0.25, -0.2) is 22.5 Å². The molecule has 292 valence electrons. The Bertz CT molecular complexity index is 2350. The predicted octanol–water partition coefficient (Wildman–Crippen LogP) is 3.00. The molecule has 0 bridgehead atoms. The van der Waals surface area contributed by atoms with E-state index in [9.17, 15) is 27.6 Å². The molecule has 2 aromatic heterocycles. The van der Waals surface area contributed by atoms with Crippen molar-refractivity contribution in [1.82, 2.24) is 40.0 Å². The highest BCUT2D eigenvalue weighted by molar-refractivity contribution is 7.89. The van der Waals surface area contributed by atoms with Crippen molar-refractivity contribution in [3.63, 3.8) is 0 Å². The van der Waals surface area contributed by atoms with E-state index in [1.807, 2.05) is 22.8 Å². The molecule has 1 unspecified atom stereocenters. The van der Waals surface area contributed by atoms with Gasteiger partial charge in [0.1, 0.15) is 17.7 Å². The summed E-state index contributed by atoms with van der Waals surface area (Å²) in [6, 6.07) is 11.3. The number of rotatable bonds is 10. The van der Waals surface area contributed by atoms with Crippen molar-refractivity contribution in [1.29, 1.82) is 0 Å². The van der Waals surface area contributed by atoms with Crippen LogP contribution in [0.1, 0.15) is 65.5 Å². The molecule has 5 heterocycles. The van der Waals surface area contributed by atoms with Crippen LogP contribution in [0.15, 0.2) is 59.6 Å². The van der Waals surface area contributed by atoms with E-state index in [0.717, 1.165) is 16.5 Å². The van der Waals surface area contributed by atoms with Gasteiger partial charge in [-0.2, -0.15) is 4.98 Å². The van der Waals surface area contributed by atoms with E-state index >= 15 is 4.39 Å². The number of hydrogen-bond acceptors (Lipinski definition) is 14. The topological polar surface area (TPSA) is 212 Å². The maximum absolute atomic E-state index is 15.3. The zero-order chi connectivity index (χ0) is 39.9. The zero-order valence-electron chi connectivity index (χ0n) is 31.1. The smallest absolute Gasteiger partial charge is 0.262 e. The van der Waals surface area contributed by atoms with E-state index in [1.165, 1.54) is 18.2 Å². The zero-order valence-corrected chi connectivity index (χ0v) is 31.9. The van der Waals surface area contributed by atoms with Crippen LogP contribution in [0.5, 0.6) is 0 Å². The molecule has 4 aromatic rings. The van der Waals surface area contributed by atoms with Crippen molar-refractivity contribution in [3.8, 4) is 0 Å². The third kappa shape index (κ3) is 8.19. The number of benzene rings is 2. The summed E-state index contributed by atoms with van der Waals surface area (Å²) in [6.45, 7) is 9.60. The molecule has 1 atom stereocenters. The van der Waals surface area contributed by atoms with Crippen LogP contribution >= 0.6 is 0 Å². The SMILES string of the molecule is Cc1cnc(Nc2ccc(N3CCN(Cc4cc5c(cc4F)C(=O)N(C4CCC(=O)NC4=O)C5=O)CC3)nn2)nc1Nc1cccc(S(=O)(=O)NC(C)(C)C)c1. The quantitative estimate of drug-likeness (QED) is 0.170. The Hall–Kier alpha value is -5.92. The summed E-state index contributed by atoms with van der Waals surface area (Å²) in [5.41, 5.74) is 0.813. The highest BCUT2D eigenvalue weighted by atomic mass is 32.2. The van der Waals surface area contributed by atoms with E-state index < -0.39 is 51.0 Å². The average molecular weight is 786 g/mol. The van der Waals surface area contributed by atoms with Gasteiger partial charge in [0, 0.05) is 67.7 Å². The minimum atomic E-state index is -3.74. The molecule has 17 nitrogen and oxygen atoms in total. The largest absolute Gasteiger partial charge is 0.353 e. The van der Waals surface area contributed by atoms with Crippen LogP contribution in [0.25, 0.3) is 0 Å². The highest BCUT2D eigenvalue weighted by Crippen LogP contribution is 2.31. The molecule has 19 heteroatoms. The van der Waals surface area contributed by atoms with Gasteiger partial charge >= 0.3 is 0 Å². The number of aromatic nitrogens is 4. The second-order valence-electron chi connectivity index (χ2n) is 14.8. The number of nitrogens with one attached hydrogen (secondary N) is 4. The number of piperazine rings is 1. The van der Waals surface area contributed by atoms with Crippen molar-refractivity contribution in [2.45, 2.75) is 63.6 Å². The van der Waals surface area contributed by atoms with Gasteiger partial charge in [0.15, 0.2) is 11.6 Å². The lowest BCUT2D eigenvalue weighted by Crippen LogP contribution is -2.54. The summed E-state index contributed by atoms with van der Waals surface area (Å²) in [6.07, 6.45) is 1.64. The fourth-order valence-corrected chi connectivity index (χ4v) is 8.14. The summed E-state index contributed by atoms with van der Waals surface area (Å²) >= 11 is 0. The summed E-state index contributed by atoms with van der Waals surface area (Å²) < 4.78 is 43.7. The van der Waals surface area contributed by atoms with Crippen molar-refractivity contribution < 1.29 is 32.0 Å². The Morgan fingerprint density at radius 3 is 2.34 bits per heavy atom. The van der Waals surface area contributed by atoms with Gasteiger partial charge in [-0.3, -0.25) is 34.3 Å². The Morgan fingerprint density at radius 1 is 0.929 bits per heavy atom. The summed E-state index contributed by atoms with van der Waals surface area (Å²) in [5, 5.41) is 17.1.